The van der Waals surface area contributed by atoms with Crippen molar-refractivity contribution < 1.29 is 14.6 Å². The predicted molar refractivity (Wildman–Crippen MR) is 82.0 cm³/mol. The molecule has 0 amide bonds. The molecule has 0 aliphatic rings. The van der Waals surface area contributed by atoms with Gasteiger partial charge in [0.05, 0.1) is 11.4 Å². The lowest BCUT2D eigenvalue weighted by Gasteiger charge is -2.15. The molecule has 0 aliphatic heterocycles. The van der Waals surface area contributed by atoms with Crippen LogP contribution in [-0.4, -0.2) is 17.6 Å². The van der Waals surface area contributed by atoms with E-state index in [1.807, 2.05) is 30.3 Å². The van der Waals surface area contributed by atoms with Crippen LogP contribution in [0.3, 0.4) is 0 Å². The topological polar surface area (TPSA) is 72.6 Å². The standard InChI is InChI=1S/C16H16ClNO3/c17-14-7-6-11(12(10-18)9-16(19)20)8-15(14)21-13-4-2-1-3-5-13/h1-8,12H,9-10,18H2,(H,19,20)/t12-/m0/s1. The summed E-state index contributed by atoms with van der Waals surface area (Å²) in [7, 11) is 0. The molecule has 1 atom stereocenters. The Hall–Kier alpha value is -2.04. The van der Waals surface area contributed by atoms with Gasteiger partial charge in [-0.05, 0) is 36.4 Å². The van der Waals surface area contributed by atoms with Crippen molar-refractivity contribution in [3.8, 4) is 11.5 Å². The van der Waals surface area contributed by atoms with Gasteiger partial charge < -0.3 is 15.6 Å². The van der Waals surface area contributed by atoms with Crippen molar-refractivity contribution in [2.75, 3.05) is 6.54 Å². The number of rotatable bonds is 6. The third-order valence-electron chi connectivity index (χ3n) is 3.10. The Bertz CT molecular complexity index is 616. The fourth-order valence-corrected chi connectivity index (χ4v) is 2.17. The van der Waals surface area contributed by atoms with Crippen LogP contribution in [0.15, 0.2) is 48.5 Å². The van der Waals surface area contributed by atoms with Gasteiger partial charge in [0.1, 0.15) is 11.5 Å². The number of ether oxygens (including phenoxy) is 1. The summed E-state index contributed by atoms with van der Waals surface area (Å²) in [6, 6.07) is 14.5. The second-order valence-electron chi connectivity index (χ2n) is 4.64. The summed E-state index contributed by atoms with van der Waals surface area (Å²) in [5.41, 5.74) is 6.46. The first-order valence-corrected chi connectivity index (χ1v) is 6.92. The molecule has 0 unspecified atom stereocenters. The van der Waals surface area contributed by atoms with Gasteiger partial charge in [-0.25, -0.2) is 0 Å². The molecule has 0 aromatic heterocycles. The summed E-state index contributed by atoms with van der Waals surface area (Å²) in [6.07, 6.45) is -0.0249. The molecule has 2 aromatic rings. The fraction of sp³-hybridized carbons (Fsp3) is 0.188. The molecule has 2 rings (SSSR count). The van der Waals surface area contributed by atoms with Crippen LogP contribution in [0.1, 0.15) is 17.9 Å². The molecule has 0 spiro atoms. The molecule has 0 heterocycles. The van der Waals surface area contributed by atoms with Crippen molar-refractivity contribution in [1.29, 1.82) is 0 Å². The lowest BCUT2D eigenvalue weighted by molar-refractivity contribution is -0.137. The Labute approximate surface area is 128 Å². The van der Waals surface area contributed by atoms with Gasteiger partial charge in [-0.15, -0.1) is 0 Å². The van der Waals surface area contributed by atoms with Crippen molar-refractivity contribution in [1.82, 2.24) is 0 Å². The Morgan fingerprint density at radius 3 is 2.57 bits per heavy atom. The van der Waals surface area contributed by atoms with Crippen molar-refractivity contribution in [2.45, 2.75) is 12.3 Å². The Morgan fingerprint density at radius 1 is 1.24 bits per heavy atom. The van der Waals surface area contributed by atoms with Crippen LogP contribution in [0.25, 0.3) is 0 Å². The number of nitrogens with two attached hydrogens (primary N) is 1. The lowest BCUT2D eigenvalue weighted by Crippen LogP contribution is -2.16. The highest BCUT2D eigenvalue weighted by molar-refractivity contribution is 6.32. The van der Waals surface area contributed by atoms with Crippen LogP contribution < -0.4 is 10.5 Å². The zero-order valence-electron chi connectivity index (χ0n) is 11.3. The van der Waals surface area contributed by atoms with Gasteiger partial charge in [-0.3, -0.25) is 4.79 Å². The van der Waals surface area contributed by atoms with Crippen LogP contribution in [-0.2, 0) is 4.79 Å². The number of hydrogen-bond acceptors (Lipinski definition) is 3. The molecule has 0 aliphatic carbocycles. The number of carboxylic acids is 1. The Kier molecular flexibility index (Phi) is 5.20. The number of aliphatic carboxylic acids is 1. The molecule has 4 nitrogen and oxygen atoms in total. The molecule has 0 bridgehead atoms. The van der Waals surface area contributed by atoms with Gasteiger partial charge in [-0.1, -0.05) is 35.9 Å². The molecule has 5 heteroatoms. The highest BCUT2D eigenvalue weighted by atomic mass is 35.5. The minimum atomic E-state index is -0.883. The quantitative estimate of drug-likeness (QED) is 0.854. The van der Waals surface area contributed by atoms with E-state index >= 15 is 0 Å². The summed E-state index contributed by atoms with van der Waals surface area (Å²) in [4.78, 5) is 10.9. The summed E-state index contributed by atoms with van der Waals surface area (Å²) in [5.74, 6) is 0.00658. The van der Waals surface area contributed by atoms with E-state index in [0.717, 1.165) is 5.56 Å². The molecule has 110 valence electrons. The average Bonchev–Trinajstić information content (AvgIpc) is 2.48. The van der Waals surface area contributed by atoms with Crippen LogP contribution in [0.4, 0.5) is 0 Å². The van der Waals surface area contributed by atoms with E-state index in [-0.39, 0.29) is 18.9 Å². The molecule has 21 heavy (non-hydrogen) atoms. The number of hydrogen-bond donors (Lipinski definition) is 2. The summed E-state index contributed by atoms with van der Waals surface area (Å²) < 4.78 is 5.73. The first kappa shape index (κ1) is 15.4. The molecular weight excluding hydrogens is 290 g/mol. The summed E-state index contributed by atoms with van der Waals surface area (Å²) >= 11 is 6.13. The maximum Gasteiger partial charge on any atom is 0.304 e. The highest BCUT2D eigenvalue weighted by Crippen LogP contribution is 2.33. The third-order valence-corrected chi connectivity index (χ3v) is 3.42. The van der Waals surface area contributed by atoms with Crippen LogP contribution in [0, 0.1) is 0 Å². The molecular formula is C16H16ClNO3. The van der Waals surface area contributed by atoms with E-state index in [1.165, 1.54) is 0 Å². The molecule has 2 aromatic carbocycles. The molecule has 0 saturated carbocycles. The van der Waals surface area contributed by atoms with Crippen LogP contribution in [0.5, 0.6) is 11.5 Å². The zero-order valence-corrected chi connectivity index (χ0v) is 12.1. The third kappa shape index (κ3) is 4.21. The predicted octanol–water partition coefficient (Wildman–Crippen LogP) is 3.65. The Morgan fingerprint density at radius 2 is 1.95 bits per heavy atom. The van der Waals surface area contributed by atoms with E-state index in [1.54, 1.807) is 18.2 Å². The monoisotopic (exact) mass is 305 g/mol. The van der Waals surface area contributed by atoms with Gasteiger partial charge >= 0.3 is 5.97 Å². The van der Waals surface area contributed by atoms with Gasteiger partial charge in [0.2, 0.25) is 0 Å². The summed E-state index contributed by atoms with van der Waals surface area (Å²) in [6.45, 7) is 0.249. The van der Waals surface area contributed by atoms with E-state index in [4.69, 9.17) is 27.2 Å². The zero-order chi connectivity index (χ0) is 15.2. The molecule has 3 N–H and O–H groups in total. The van der Waals surface area contributed by atoms with Crippen molar-refractivity contribution in [3.05, 3.63) is 59.1 Å². The summed E-state index contributed by atoms with van der Waals surface area (Å²) in [5, 5.41) is 9.39. The van der Waals surface area contributed by atoms with Gasteiger partial charge in [0.25, 0.3) is 0 Å². The lowest BCUT2D eigenvalue weighted by atomic mass is 9.96. The second kappa shape index (κ2) is 7.11. The minimum absolute atomic E-state index is 0.0249. The number of carboxylic acid groups (broad SMARTS) is 1. The largest absolute Gasteiger partial charge is 0.481 e. The van der Waals surface area contributed by atoms with E-state index in [0.29, 0.717) is 16.5 Å². The minimum Gasteiger partial charge on any atom is -0.481 e. The first-order chi connectivity index (χ1) is 10.1. The van der Waals surface area contributed by atoms with Crippen LogP contribution >= 0.6 is 11.6 Å². The molecule has 0 saturated heterocycles. The van der Waals surface area contributed by atoms with Crippen molar-refractivity contribution in [3.63, 3.8) is 0 Å². The van der Waals surface area contributed by atoms with Crippen molar-refractivity contribution >= 4 is 17.6 Å². The SMILES string of the molecule is NC[C@H](CC(=O)O)c1ccc(Cl)c(Oc2ccccc2)c1. The average molecular weight is 306 g/mol. The highest BCUT2D eigenvalue weighted by Gasteiger charge is 2.16. The van der Waals surface area contributed by atoms with Gasteiger partial charge in [-0.2, -0.15) is 0 Å². The first-order valence-electron chi connectivity index (χ1n) is 6.54. The smallest absolute Gasteiger partial charge is 0.304 e. The number of para-hydroxylation sites is 1. The fourth-order valence-electron chi connectivity index (χ4n) is 2.02. The number of halogens is 1. The van der Waals surface area contributed by atoms with Crippen LogP contribution in [0.2, 0.25) is 5.02 Å². The van der Waals surface area contributed by atoms with E-state index < -0.39 is 5.97 Å². The van der Waals surface area contributed by atoms with E-state index in [9.17, 15) is 4.79 Å². The maximum absolute atomic E-state index is 10.9. The van der Waals surface area contributed by atoms with Gasteiger partial charge in [0, 0.05) is 5.92 Å². The van der Waals surface area contributed by atoms with Gasteiger partial charge in [0.15, 0.2) is 0 Å². The molecule has 0 fully saturated rings. The second-order valence-corrected chi connectivity index (χ2v) is 5.04. The maximum atomic E-state index is 10.9. The normalized spacial score (nSPS) is 11.9. The Balaban J connectivity index is 2.26. The van der Waals surface area contributed by atoms with Crippen molar-refractivity contribution in [2.24, 2.45) is 5.73 Å². The van der Waals surface area contributed by atoms with E-state index in [2.05, 4.69) is 0 Å². The molecule has 0 radical (unpaired) electrons. The number of benzene rings is 2. The number of carbonyl (C=O) groups is 1.